The quantitative estimate of drug-likeness (QED) is 0.832. The number of sulfonamides is 1. The minimum Gasteiger partial charge on any atom is -0.326 e. The lowest BCUT2D eigenvalue weighted by molar-refractivity contribution is -0.120. The summed E-state index contributed by atoms with van der Waals surface area (Å²) in [5, 5.41) is 2.88. The lowest BCUT2D eigenvalue weighted by Crippen LogP contribution is -2.26. The van der Waals surface area contributed by atoms with Crippen LogP contribution in [0.5, 0.6) is 0 Å². The van der Waals surface area contributed by atoms with Crippen molar-refractivity contribution in [3.8, 4) is 0 Å². The summed E-state index contributed by atoms with van der Waals surface area (Å²) in [5.74, 6) is 0.977. The van der Waals surface area contributed by atoms with Gasteiger partial charge in [-0.2, -0.15) is 0 Å². The Morgan fingerprint density at radius 1 is 1.14 bits per heavy atom. The fourth-order valence-electron chi connectivity index (χ4n) is 3.15. The Hall–Kier alpha value is -1.66. The largest absolute Gasteiger partial charge is 0.326 e. The minimum absolute atomic E-state index is 0.0241. The van der Waals surface area contributed by atoms with Crippen LogP contribution in [0.1, 0.15) is 12.8 Å². The molecule has 21 heavy (non-hydrogen) atoms. The maximum atomic E-state index is 12.3. The molecule has 2 bridgehead atoms. The number of hydrogen-bond donors (Lipinski definition) is 2. The fraction of sp³-hybridized carbons (Fsp3) is 0.400. The monoisotopic (exact) mass is 306 g/mol. The normalized spacial score (nSPS) is 27.0. The molecule has 2 aliphatic rings. The second-order valence-corrected chi connectivity index (χ2v) is 7.49. The third-order valence-corrected chi connectivity index (χ3v) is 5.75. The third kappa shape index (κ3) is 2.73. The molecule has 112 valence electrons. The number of rotatable bonds is 4. The molecule has 2 N–H and O–H groups in total. The summed E-state index contributed by atoms with van der Waals surface area (Å²) in [4.78, 5) is 12.5. The third-order valence-electron chi connectivity index (χ3n) is 4.32. The van der Waals surface area contributed by atoms with Gasteiger partial charge in [-0.3, -0.25) is 4.79 Å². The van der Waals surface area contributed by atoms with Crippen LogP contribution >= 0.6 is 0 Å². The fourth-order valence-corrected chi connectivity index (χ4v) is 3.88. The molecule has 0 heterocycles. The van der Waals surface area contributed by atoms with Gasteiger partial charge in [0, 0.05) is 11.6 Å². The van der Waals surface area contributed by atoms with Gasteiger partial charge >= 0.3 is 0 Å². The molecule has 0 spiro atoms. The first-order chi connectivity index (χ1) is 9.99. The Kier molecular flexibility index (Phi) is 3.59. The van der Waals surface area contributed by atoms with E-state index < -0.39 is 10.0 Å². The number of anilines is 1. The molecule has 3 rings (SSSR count). The predicted octanol–water partition coefficient (Wildman–Crippen LogP) is 1.75. The molecular formula is C15H18N2O3S. The van der Waals surface area contributed by atoms with Crippen molar-refractivity contribution in [3.63, 3.8) is 0 Å². The van der Waals surface area contributed by atoms with Crippen molar-refractivity contribution in [1.29, 1.82) is 0 Å². The van der Waals surface area contributed by atoms with E-state index in [1.807, 2.05) is 0 Å². The van der Waals surface area contributed by atoms with E-state index in [1.165, 1.54) is 19.2 Å². The molecule has 5 nitrogen and oxygen atoms in total. The van der Waals surface area contributed by atoms with Crippen LogP contribution in [0.15, 0.2) is 41.3 Å². The van der Waals surface area contributed by atoms with E-state index >= 15 is 0 Å². The summed E-state index contributed by atoms with van der Waals surface area (Å²) in [6, 6.07) is 6.21. The zero-order valence-corrected chi connectivity index (χ0v) is 12.6. The molecule has 0 unspecified atom stereocenters. The van der Waals surface area contributed by atoms with E-state index in [2.05, 4.69) is 22.2 Å². The molecule has 0 radical (unpaired) electrons. The predicted molar refractivity (Wildman–Crippen MR) is 80.2 cm³/mol. The highest BCUT2D eigenvalue weighted by atomic mass is 32.2. The Balaban J connectivity index is 1.68. The Bertz CT molecular complexity index is 679. The van der Waals surface area contributed by atoms with Gasteiger partial charge in [0.05, 0.1) is 4.90 Å². The van der Waals surface area contributed by atoms with Gasteiger partial charge in [0.25, 0.3) is 0 Å². The SMILES string of the molecule is CNS(=O)(=O)c1ccc(NC(=O)[C@@H]2C[C@@H]3C=C[C@@H]2C3)cc1. The molecule has 0 aliphatic heterocycles. The standard InChI is InChI=1S/C15H18N2O3S/c1-16-21(19,20)13-6-4-12(5-7-13)17-15(18)14-9-10-2-3-11(14)8-10/h2-7,10-11,14,16H,8-9H2,1H3,(H,17,18)/t10-,11-,14-/m1/s1. The van der Waals surface area contributed by atoms with E-state index in [0.29, 0.717) is 17.5 Å². The average molecular weight is 306 g/mol. The second-order valence-electron chi connectivity index (χ2n) is 5.61. The second kappa shape index (κ2) is 5.27. The van der Waals surface area contributed by atoms with Crippen LogP contribution in [0.25, 0.3) is 0 Å². The van der Waals surface area contributed by atoms with Crippen LogP contribution in [-0.4, -0.2) is 21.4 Å². The molecule has 0 aromatic heterocycles. The van der Waals surface area contributed by atoms with Gasteiger partial charge in [-0.25, -0.2) is 13.1 Å². The first-order valence-electron chi connectivity index (χ1n) is 7.02. The molecule has 2 aliphatic carbocycles. The summed E-state index contributed by atoms with van der Waals surface area (Å²) in [7, 11) is -2.07. The van der Waals surface area contributed by atoms with Gasteiger partial charge < -0.3 is 5.32 Å². The lowest BCUT2D eigenvalue weighted by atomic mass is 9.93. The van der Waals surface area contributed by atoms with Crippen LogP contribution in [0.2, 0.25) is 0 Å². The highest BCUT2D eigenvalue weighted by Gasteiger charge is 2.39. The number of nitrogens with one attached hydrogen (secondary N) is 2. The number of allylic oxidation sites excluding steroid dienone is 2. The highest BCUT2D eigenvalue weighted by Crippen LogP contribution is 2.43. The van der Waals surface area contributed by atoms with Crippen LogP contribution in [0.4, 0.5) is 5.69 Å². The zero-order chi connectivity index (χ0) is 15.0. The average Bonchev–Trinajstić information content (AvgIpc) is 3.10. The van der Waals surface area contributed by atoms with Crippen LogP contribution in [0.3, 0.4) is 0 Å². The van der Waals surface area contributed by atoms with Crippen molar-refractivity contribution < 1.29 is 13.2 Å². The maximum Gasteiger partial charge on any atom is 0.240 e. The Morgan fingerprint density at radius 3 is 2.38 bits per heavy atom. The first-order valence-corrected chi connectivity index (χ1v) is 8.51. The summed E-state index contributed by atoms with van der Waals surface area (Å²) in [6.07, 6.45) is 6.34. The molecule has 1 amide bonds. The molecule has 1 aromatic carbocycles. The molecule has 6 heteroatoms. The van der Waals surface area contributed by atoms with Crippen molar-refractivity contribution in [1.82, 2.24) is 4.72 Å². The van der Waals surface area contributed by atoms with Gasteiger partial charge in [0.2, 0.25) is 15.9 Å². The zero-order valence-electron chi connectivity index (χ0n) is 11.7. The molecule has 3 atom stereocenters. The van der Waals surface area contributed by atoms with Crippen molar-refractivity contribution in [2.24, 2.45) is 17.8 Å². The molecule has 1 fully saturated rings. The minimum atomic E-state index is -3.44. The summed E-state index contributed by atoms with van der Waals surface area (Å²) < 4.78 is 25.5. The van der Waals surface area contributed by atoms with Crippen LogP contribution in [-0.2, 0) is 14.8 Å². The smallest absolute Gasteiger partial charge is 0.240 e. The number of benzene rings is 1. The molecule has 1 aromatic rings. The van der Waals surface area contributed by atoms with Gasteiger partial charge in [-0.05, 0) is 56.0 Å². The number of carbonyl (C=O) groups excluding carboxylic acids is 1. The van der Waals surface area contributed by atoms with Crippen molar-refractivity contribution in [2.45, 2.75) is 17.7 Å². The van der Waals surface area contributed by atoms with E-state index in [9.17, 15) is 13.2 Å². The Morgan fingerprint density at radius 2 is 1.86 bits per heavy atom. The Labute approximate surface area is 124 Å². The number of hydrogen-bond acceptors (Lipinski definition) is 3. The molecular weight excluding hydrogens is 288 g/mol. The van der Waals surface area contributed by atoms with E-state index in [1.54, 1.807) is 12.1 Å². The molecule has 0 saturated heterocycles. The van der Waals surface area contributed by atoms with Crippen molar-refractivity contribution in [3.05, 3.63) is 36.4 Å². The number of amides is 1. The van der Waals surface area contributed by atoms with E-state index in [4.69, 9.17) is 0 Å². The maximum absolute atomic E-state index is 12.3. The number of carbonyl (C=O) groups is 1. The van der Waals surface area contributed by atoms with Crippen molar-refractivity contribution in [2.75, 3.05) is 12.4 Å². The topological polar surface area (TPSA) is 75.3 Å². The van der Waals surface area contributed by atoms with Gasteiger partial charge in [-0.1, -0.05) is 12.2 Å². The van der Waals surface area contributed by atoms with Gasteiger partial charge in [0.15, 0.2) is 0 Å². The summed E-state index contributed by atoms with van der Waals surface area (Å²) in [6.45, 7) is 0. The first kappa shape index (κ1) is 14.3. The highest BCUT2D eigenvalue weighted by molar-refractivity contribution is 7.89. The van der Waals surface area contributed by atoms with Crippen molar-refractivity contribution >= 4 is 21.6 Å². The van der Waals surface area contributed by atoms with Gasteiger partial charge in [0.1, 0.15) is 0 Å². The van der Waals surface area contributed by atoms with Crippen LogP contribution in [0, 0.1) is 17.8 Å². The summed E-state index contributed by atoms with van der Waals surface area (Å²) in [5.41, 5.74) is 0.627. The summed E-state index contributed by atoms with van der Waals surface area (Å²) >= 11 is 0. The van der Waals surface area contributed by atoms with E-state index in [-0.39, 0.29) is 16.7 Å². The van der Waals surface area contributed by atoms with E-state index in [0.717, 1.165) is 12.8 Å². The number of fused-ring (bicyclic) bond motifs is 2. The lowest BCUT2D eigenvalue weighted by Gasteiger charge is -2.17. The van der Waals surface area contributed by atoms with Crippen LogP contribution < -0.4 is 10.0 Å². The van der Waals surface area contributed by atoms with Gasteiger partial charge in [-0.15, -0.1) is 0 Å². The molecule has 1 saturated carbocycles.